The summed E-state index contributed by atoms with van der Waals surface area (Å²) in [5, 5.41) is 0. The Balaban J connectivity index is 2.41. The van der Waals surface area contributed by atoms with E-state index in [2.05, 4.69) is 9.72 Å². The molecule has 0 atom stereocenters. The highest BCUT2D eigenvalue weighted by molar-refractivity contribution is 5.91. The Morgan fingerprint density at radius 3 is 2.57 bits per heavy atom. The fourth-order valence-corrected chi connectivity index (χ4v) is 1.91. The Kier molecular flexibility index (Phi) is 4.52. The molecule has 0 bridgehead atoms. The molecule has 0 aliphatic heterocycles. The molecule has 0 N–H and O–H groups in total. The fraction of sp³-hybridized carbons (Fsp3) is 0.250. The van der Waals surface area contributed by atoms with E-state index in [1.54, 1.807) is 24.5 Å². The quantitative estimate of drug-likeness (QED) is 0.809. The second kappa shape index (κ2) is 6.35. The second-order valence-corrected chi connectivity index (χ2v) is 4.80. The molecule has 0 spiro atoms. The first-order chi connectivity index (χ1) is 9.99. The zero-order valence-corrected chi connectivity index (χ0v) is 12.1. The zero-order valence-electron chi connectivity index (χ0n) is 12.1. The van der Waals surface area contributed by atoms with Crippen molar-refractivity contribution in [2.45, 2.75) is 20.0 Å². The summed E-state index contributed by atoms with van der Waals surface area (Å²) in [5.41, 5.74) is 1.36. The molecule has 2 rings (SSSR count). The first kappa shape index (κ1) is 15.0. The number of esters is 1. The largest absolute Gasteiger partial charge is 0.489 e. The summed E-state index contributed by atoms with van der Waals surface area (Å²) in [6.07, 6.45) is 3.19. The van der Waals surface area contributed by atoms with E-state index in [1.807, 2.05) is 13.8 Å². The van der Waals surface area contributed by atoms with Gasteiger partial charge >= 0.3 is 5.97 Å². The maximum absolute atomic E-state index is 13.7. The summed E-state index contributed by atoms with van der Waals surface area (Å²) in [4.78, 5) is 15.6. The smallest absolute Gasteiger partial charge is 0.337 e. The molecule has 1 heterocycles. The van der Waals surface area contributed by atoms with Crippen molar-refractivity contribution in [3.63, 3.8) is 0 Å². The van der Waals surface area contributed by atoms with E-state index < -0.39 is 11.8 Å². The molecular formula is C16H16FNO3. The van der Waals surface area contributed by atoms with Crippen LogP contribution in [0.4, 0.5) is 4.39 Å². The summed E-state index contributed by atoms with van der Waals surface area (Å²) >= 11 is 0. The predicted molar refractivity (Wildman–Crippen MR) is 76.7 cm³/mol. The third-order valence-electron chi connectivity index (χ3n) is 2.74. The van der Waals surface area contributed by atoms with Gasteiger partial charge in [0.25, 0.3) is 0 Å². The van der Waals surface area contributed by atoms with Gasteiger partial charge in [0.1, 0.15) is 11.6 Å². The number of hydrogen-bond acceptors (Lipinski definition) is 4. The molecule has 1 aromatic heterocycles. The lowest BCUT2D eigenvalue weighted by atomic mass is 10.0. The number of halogens is 1. The van der Waals surface area contributed by atoms with Crippen LogP contribution in [0.2, 0.25) is 0 Å². The molecule has 4 nitrogen and oxygen atoms in total. The highest BCUT2D eigenvalue weighted by atomic mass is 19.1. The molecule has 0 amide bonds. The molecular weight excluding hydrogens is 273 g/mol. The topological polar surface area (TPSA) is 48.4 Å². The molecule has 0 aliphatic rings. The van der Waals surface area contributed by atoms with Crippen LogP contribution in [-0.4, -0.2) is 24.2 Å². The Bertz CT molecular complexity index is 656. The van der Waals surface area contributed by atoms with Gasteiger partial charge in [-0.25, -0.2) is 9.18 Å². The van der Waals surface area contributed by atoms with E-state index in [0.29, 0.717) is 16.9 Å². The highest BCUT2D eigenvalue weighted by Gasteiger charge is 2.11. The number of ether oxygens (including phenoxy) is 2. The number of carbonyl (C=O) groups excluding carboxylic acids is 1. The molecule has 0 saturated heterocycles. The lowest BCUT2D eigenvalue weighted by molar-refractivity contribution is 0.0600. The summed E-state index contributed by atoms with van der Waals surface area (Å²) in [7, 11) is 1.26. The van der Waals surface area contributed by atoms with Gasteiger partial charge in [0, 0.05) is 11.8 Å². The van der Waals surface area contributed by atoms with Crippen LogP contribution in [0.3, 0.4) is 0 Å². The maximum atomic E-state index is 13.7. The molecule has 5 heteroatoms. The van der Waals surface area contributed by atoms with Gasteiger partial charge in [-0.3, -0.25) is 4.98 Å². The molecule has 1 aromatic carbocycles. The van der Waals surface area contributed by atoms with E-state index in [1.165, 1.54) is 13.2 Å². The summed E-state index contributed by atoms with van der Waals surface area (Å²) in [5.74, 6) is -0.507. The van der Waals surface area contributed by atoms with Crippen molar-refractivity contribution in [2.24, 2.45) is 0 Å². The van der Waals surface area contributed by atoms with Crippen LogP contribution >= 0.6 is 0 Å². The van der Waals surface area contributed by atoms with Crippen LogP contribution < -0.4 is 4.74 Å². The van der Waals surface area contributed by atoms with Crippen LogP contribution in [0.5, 0.6) is 5.75 Å². The van der Waals surface area contributed by atoms with Gasteiger partial charge in [0.05, 0.1) is 25.0 Å². The molecule has 110 valence electrons. The summed E-state index contributed by atoms with van der Waals surface area (Å²) in [6, 6.07) is 5.79. The third-order valence-corrected chi connectivity index (χ3v) is 2.74. The number of carbonyl (C=O) groups is 1. The number of methoxy groups -OCH3 is 1. The number of pyridine rings is 1. The van der Waals surface area contributed by atoms with Crippen molar-refractivity contribution in [2.75, 3.05) is 7.11 Å². The van der Waals surface area contributed by atoms with Crippen molar-refractivity contribution >= 4 is 5.97 Å². The molecule has 0 aliphatic carbocycles. The monoisotopic (exact) mass is 289 g/mol. The van der Waals surface area contributed by atoms with Crippen LogP contribution in [0.25, 0.3) is 11.1 Å². The van der Waals surface area contributed by atoms with Crippen molar-refractivity contribution in [1.82, 2.24) is 4.98 Å². The van der Waals surface area contributed by atoms with Crippen LogP contribution in [-0.2, 0) is 4.74 Å². The van der Waals surface area contributed by atoms with Gasteiger partial charge in [-0.05, 0) is 43.7 Å². The van der Waals surface area contributed by atoms with Gasteiger partial charge in [-0.1, -0.05) is 0 Å². The van der Waals surface area contributed by atoms with Gasteiger partial charge in [0.15, 0.2) is 0 Å². The Hall–Kier alpha value is -2.43. The minimum absolute atomic E-state index is 0.0141. The van der Waals surface area contributed by atoms with Crippen molar-refractivity contribution < 1.29 is 18.7 Å². The first-order valence-electron chi connectivity index (χ1n) is 6.50. The van der Waals surface area contributed by atoms with Crippen molar-refractivity contribution in [3.8, 4) is 16.9 Å². The molecule has 0 saturated carbocycles. The molecule has 0 radical (unpaired) electrons. The number of hydrogen-bond donors (Lipinski definition) is 0. The van der Waals surface area contributed by atoms with E-state index >= 15 is 0 Å². The summed E-state index contributed by atoms with van der Waals surface area (Å²) < 4.78 is 23.8. The van der Waals surface area contributed by atoms with Gasteiger partial charge in [-0.15, -0.1) is 0 Å². The van der Waals surface area contributed by atoms with E-state index in [4.69, 9.17) is 4.74 Å². The molecule has 21 heavy (non-hydrogen) atoms. The SMILES string of the molecule is COC(=O)c1cc(F)cc(-c2cncc(OC(C)C)c2)c1. The maximum Gasteiger partial charge on any atom is 0.337 e. The minimum atomic E-state index is -0.585. The van der Waals surface area contributed by atoms with Gasteiger partial charge in [0.2, 0.25) is 0 Å². The number of aromatic nitrogens is 1. The zero-order chi connectivity index (χ0) is 15.4. The number of benzene rings is 1. The predicted octanol–water partition coefficient (Wildman–Crippen LogP) is 3.46. The Morgan fingerprint density at radius 2 is 1.90 bits per heavy atom. The van der Waals surface area contributed by atoms with Crippen LogP contribution in [0.1, 0.15) is 24.2 Å². The highest BCUT2D eigenvalue weighted by Crippen LogP contribution is 2.25. The van der Waals surface area contributed by atoms with Crippen LogP contribution in [0.15, 0.2) is 36.7 Å². The number of nitrogens with zero attached hydrogens (tertiary/aromatic N) is 1. The number of rotatable bonds is 4. The van der Waals surface area contributed by atoms with Gasteiger partial charge < -0.3 is 9.47 Å². The standard InChI is InChI=1S/C16H16FNO3/c1-10(2)21-15-7-13(8-18-9-15)11-4-12(16(19)20-3)6-14(17)5-11/h4-10H,1-3H3. The van der Waals surface area contributed by atoms with E-state index in [-0.39, 0.29) is 11.7 Å². The fourth-order valence-electron chi connectivity index (χ4n) is 1.91. The average Bonchev–Trinajstić information content (AvgIpc) is 2.45. The normalized spacial score (nSPS) is 10.5. The Morgan fingerprint density at radius 1 is 1.14 bits per heavy atom. The third kappa shape index (κ3) is 3.78. The first-order valence-corrected chi connectivity index (χ1v) is 6.50. The Labute approximate surface area is 122 Å². The van der Waals surface area contributed by atoms with Crippen molar-refractivity contribution in [1.29, 1.82) is 0 Å². The van der Waals surface area contributed by atoms with E-state index in [0.717, 1.165) is 6.07 Å². The molecule has 0 fully saturated rings. The lowest BCUT2D eigenvalue weighted by Crippen LogP contribution is -2.06. The lowest BCUT2D eigenvalue weighted by Gasteiger charge is -2.11. The average molecular weight is 289 g/mol. The van der Waals surface area contributed by atoms with E-state index in [9.17, 15) is 9.18 Å². The molecule has 0 unspecified atom stereocenters. The second-order valence-electron chi connectivity index (χ2n) is 4.80. The van der Waals surface area contributed by atoms with Crippen molar-refractivity contribution in [3.05, 3.63) is 48.0 Å². The summed E-state index contributed by atoms with van der Waals surface area (Å²) in [6.45, 7) is 3.81. The minimum Gasteiger partial charge on any atom is -0.489 e. The van der Waals surface area contributed by atoms with Crippen LogP contribution in [0, 0.1) is 5.82 Å². The molecule has 2 aromatic rings. The van der Waals surface area contributed by atoms with Gasteiger partial charge in [-0.2, -0.15) is 0 Å².